The molecule has 0 saturated heterocycles. The third-order valence-electron chi connectivity index (χ3n) is 2.26. The second kappa shape index (κ2) is 9.70. The van der Waals surface area contributed by atoms with Gasteiger partial charge in [0, 0.05) is 39.6 Å². The lowest BCUT2D eigenvalue weighted by molar-refractivity contribution is -0.121. The molecule has 106 valence electrons. The highest BCUT2D eigenvalue weighted by atomic mass is 16.2. The van der Waals surface area contributed by atoms with Crippen LogP contribution in [0.1, 0.15) is 26.7 Å². The summed E-state index contributed by atoms with van der Waals surface area (Å²) in [6.07, 6.45) is 1.34. The van der Waals surface area contributed by atoms with Crippen LogP contribution < -0.4 is 16.0 Å². The molecule has 0 atom stereocenters. The molecule has 6 nitrogen and oxygen atoms in total. The van der Waals surface area contributed by atoms with Gasteiger partial charge < -0.3 is 20.9 Å². The number of urea groups is 1. The first-order chi connectivity index (χ1) is 8.43. The van der Waals surface area contributed by atoms with Gasteiger partial charge in [-0.1, -0.05) is 13.8 Å². The van der Waals surface area contributed by atoms with Crippen molar-refractivity contribution in [1.29, 1.82) is 0 Å². The van der Waals surface area contributed by atoms with E-state index in [4.69, 9.17) is 0 Å². The first-order valence-electron chi connectivity index (χ1n) is 6.38. The minimum atomic E-state index is -0.148. The van der Waals surface area contributed by atoms with Gasteiger partial charge in [-0.25, -0.2) is 4.79 Å². The quantitative estimate of drug-likeness (QED) is 0.543. The first kappa shape index (κ1) is 16.7. The van der Waals surface area contributed by atoms with Crippen LogP contribution in [0.2, 0.25) is 0 Å². The van der Waals surface area contributed by atoms with Crippen molar-refractivity contribution in [2.75, 3.05) is 33.7 Å². The van der Waals surface area contributed by atoms with E-state index in [2.05, 4.69) is 29.8 Å². The fraction of sp³-hybridized carbons (Fsp3) is 0.833. The van der Waals surface area contributed by atoms with Crippen LogP contribution in [0.3, 0.4) is 0 Å². The Labute approximate surface area is 109 Å². The molecular weight excluding hydrogens is 232 g/mol. The average Bonchev–Trinajstić information content (AvgIpc) is 2.29. The van der Waals surface area contributed by atoms with Crippen LogP contribution >= 0.6 is 0 Å². The Bertz CT molecular complexity index is 254. The summed E-state index contributed by atoms with van der Waals surface area (Å²) in [6, 6.07) is 0.305. The lowest BCUT2D eigenvalue weighted by atomic mass is 10.2. The Morgan fingerprint density at radius 2 is 1.67 bits per heavy atom. The van der Waals surface area contributed by atoms with Gasteiger partial charge in [0.25, 0.3) is 0 Å². The van der Waals surface area contributed by atoms with Gasteiger partial charge in [0.05, 0.1) is 0 Å². The summed E-state index contributed by atoms with van der Waals surface area (Å²) in [6.45, 7) is 5.92. The predicted octanol–water partition coefficient (Wildman–Crippen LogP) is 0.152. The first-order valence-corrected chi connectivity index (χ1v) is 6.38. The number of rotatable bonds is 8. The molecule has 0 unspecified atom stereocenters. The monoisotopic (exact) mass is 258 g/mol. The van der Waals surface area contributed by atoms with E-state index in [-0.39, 0.29) is 11.9 Å². The Morgan fingerprint density at radius 3 is 2.22 bits per heavy atom. The van der Waals surface area contributed by atoms with Crippen LogP contribution in [0.4, 0.5) is 4.79 Å². The lowest BCUT2D eigenvalue weighted by Crippen LogP contribution is -2.39. The minimum Gasteiger partial charge on any atom is -0.354 e. The van der Waals surface area contributed by atoms with Crippen molar-refractivity contribution in [3.05, 3.63) is 0 Å². The third kappa shape index (κ3) is 9.89. The highest BCUT2D eigenvalue weighted by molar-refractivity contribution is 5.76. The van der Waals surface area contributed by atoms with Gasteiger partial charge in [-0.05, 0) is 13.0 Å². The van der Waals surface area contributed by atoms with Crippen molar-refractivity contribution in [3.8, 4) is 0 Å². The topological polar surface area (TPSA) is 73.5 Å². The molecule has 0 bridgehead atoms. The SMILES string of the molecule is CC(C)NCCCC(=O)NCCNC(=O)N(C)C. The molecule has 3 N–H and O–H groups in total. The maximum absolute atomic E-state index is 11.4. The summed E-state index contributed by atoms with van der Waals surface area (Å²) < 4.78 is 0. The van der Waals surface area contributed by atoms with E-state index in [0.29, 0.717) is 25.6 Å². The molecule has 0 fully saturated rings. The van der Waals surface area contributed by atoms with Crippen molar-refractivity contribution in [1.82, 2.24) is 20.9 Å². The zero-order chi connectivity index (χ0) is 14.0. The molecule has 0 aromatic carbocycles. The fourth-order valence-corrected chi connectivity index (χ4v) is 1.26. The number of amides is 3. The van der Waals surface area contributed by atoms with Gasteiger partial charge in [-0.3, -0.25) is 4.79 Å². The molecule has 0 spiro atoms. The summed E-state index contributed by atoms with van der Waals surface area (Å²) in [4.78, 5) is 24.0. The van der Waals surface area contributed by atoms with Gasteiger partial charge in [0.2, 0.25) is 5.91 Å². The standard InChI is InChI=1S/C12H26N4O2/c1-10(2)13-7-5-6-11(17)14-8-9-15-12(18)16(3)4/h10,13H,5-9H2,1-4H3,(H,14,17)(H,15,18). The maximum atomic E-state index is 11.4. The van der Waals surface area contributed by atoms with E-state index in [1.807, 2.05) is 0 Å². The van der Waals surface area contributed by atoms with Gasteiger partial charge in [0.15, 0.2) is 0 Å². The average molecular weight is 258 g/mol. The Balaban J connectivity index is 3.40. The molecular formula is C12H26N4O2. The van der Waals surface area contributed by atoms with E-state index < -0.39 is 0 Å². The number of hydrogen-bond acceptors (Lipinski definition) is 3. The number of nitrogens with one attached hydrogen (secondary N) is 3. The van der Waals surface area contributed by atoms with Gasteiger partial charge in [0.1, 0.15) is 0 Å². The molecule has 0 aliphatic carbocycles. The van der Waals surface area contributed by atoms with Crippen LogP contribution in [0, 0.1) is 0 Å². The van der Waals surface area contributed by atoms with Gasteiger partial charge in [-0.2, -0.15) is 0 Å². The molecule has 0 aromatic rings. The van der Waals surface area contributed by atoms with Crippen LogP contribution in [-0.2, 0) is 4.79 Å². The molecule has 0 aliphatic rings. The molecule has 0 aliphatic heterocycles. The normalized spacial score (nSPS) is 10.3. The highest BCUT2D eigenvalue weighted by Crippen LogP contribution is 1.88. The van der Waals surface area contributed by atoms with Crippen molar-refractivity contribution in [2.45, 2.75) is 32.7 Å². The lowest BCUT2D eigenvalue weighted by Gasteiger charge is -2.12. The van der Waals surface area contributed by atoms with E-state index in [1.54, 1.807) is 14.1 Å². The number of carbonyl (C=O) groups excluding carboxylic acids is 2. The zero-order valence-corrected chi connectivity index (χ0v) is 11.9. The molecule has 0 rings (SSSR count). The molecule has 3 amide bonds. The van der Waals surface area contributed by atoms with Crippen molar-refractivity contribution in [2.24, 2.45) is 0 Å². The van der Waals surface area contributed by atoms with Crippen LogP contribution in [0.5, 0.6) is 0 Å². The summed E-state index contributed by atoms with van der Waals surface area (Å²) in [5, 5.41) is 8.70. The number of carbonyl (C=O) groups is 2. The summed E-state index contributed by atoms with van der Waals surface area (Å²) >= 11 is 0. The second-order valence-electron chi connectivity index (χ2n) is 4.69. The maximum Gasteiger partial charge on any atom is 0.316 e. The molecule has 18 heavy (non-hydrogen) atoms. The van der Waals surface area contributed by atoms with Crippen molar-refractivity contribution >= 4 is 11.9 Å². The number of hydrogen-bond donors (Lipinski definition) is 3. The highest BCUT2D eigenvalue weighted by Gasteiger charge is 2.03. The minimum absolute atomic E-state index is 0.0275. The Kier molecular flexibility index (Phi) is 9.00. The fourth-order valence-electron chi connectivity index (χ4n) is 1.26. The zero-order valence-electron chi connectivity index (χ0n) is 11.9. The van der Waals surface area contributed by atoms with E-state index in [0.717, 1.165) is 13.0 Å². The van der Waals surface area contributed by atoms with Crippen molar-refractivity contribution < 1.29 is 9.59 Å². The van der Waals surface area contributed by atoms with E-state index >= 15 is 0 Å². The molecule has 6 heteroatoms. The van der Waals surface area contributed by atoms with E-state index in [1.165, 1.54) is 4.90 Å². The van der Waals surface area contributed by atoms with Gasteiger partial charge in [-0.15, -0.1) is 0 Å². The second-order valence-corrected chi connectivity index (χ2v) is 4.69. The summed E-state index contributed by atoms with van der Waals surface area (Å²) in [7, 11) is 3.35. The van der Waals surface area contributed by atoms with Gasteiger partial charge >= 0.3 is 6.03 Å². The smallest absolute Gasteiger partial charge is 0.316 e. The summed E-state index contributed by atoms with van der Waals surface area (Å²) in [5.74, 6) is 0.0275. The van der Waals surface area contributed by atoms with Crippen LogP contribution in [0.25, 0.3) is 0 Å². The Morgan fingerprint density at radius 1 is 1.06 bits per heavy atom. The van der Waals surface area contributed by atoms with Crippen LogP contribution in [0.15, 0.2) is 0 Å². The third-order valence-corrected chi connectivity index (χ3v) is 2.26. The Hall–Kier alpha value is -1.30. The summed E-state index contributed by atoms with van der Waals surface area (Å²) in [5.41, 5.74) is 0. The molecule has 0 heterocycles. The largest absolute Gasteiger partial charge is 0.354 e. The molecule has 0 aromatic heterocycles. The van der Waals surface area contributed by atoms with Crippen LogP contribution in [-0.4, -0.2) is 56.6 Å². The number of nitrogens with zero attached hydrogens (tertiary/aromatic N) is 1. The van der Waals surface area contributed by atoms with Crippen molar-refractivity contribution in [3.63, 3.8) is 0 Å². The molecule has 0 saturated carbocycles. The van der Waals surface area contributed by atoms with E-state index in [9.17, 15) is 9.59 Å². The molecule has 0 radical (unpaired) electrons. The predicted molar refractivity (Wildman–Crippen MR) is 72.5 cm³/mol.